The van der Waals surface area contributed by atoms with Crippen LogP contribution in [-0.2, 0) is 6.54 Å². The predicted octanol–water partition coefficient (Wildman–Crippen LogP) is 2.62. The molecule has 10 heteroatoms. The van der Waals surface area contributed by atoms with Crippen LogP contribution in [0.4, 0.5) is 5.69 Å². The van der Waals surface area contributed by atoms with Gasteiger partial charge in [0.15, 0.2) is 5.69 Å². The van der Waals surface area contributed by atoms with Crippen molar-refractivity contribution in [1.82, 2.24) is 15.2 Å². The molecule has 1 N–H and O–H groups in total. The average molecular weight is 409 g/mol. The third-order valence-electron chi connectivity index (χ3n) is 4.18. The summed E-state index contributed by atoms with van der Waals surface area (Å²) >= 11 is 0. The normalized spacial score (nSPS) is 10.7. The largest absolute Gasteiger partial charge is 0.497 e. The molecule has 10 nitrogen and oxygen atoms in total. The predicted molar refractivity (Wildman–Crippen MR) is 109 cm³/mol. The van der Waals surface area contributed by atoms with Crippen molar-refractivity contribution in [2.75, 3.05) is 14.2 Å². The summed E-state index contributed by atoms with van der Waals surface area (Å²) in [5.41, 5.74) is 4.12. The SMILES string of the molecule is COc1ccc(C=NNC(=O)c2ccn(Cc3ccc([N+](=O)[O-])cc3)n2)c(OC)c1. The maximum atomic E-state index is 12.2. The molecule has 154 valence electrons. The highest BCUT2D eigenvalue weighted by molar-refractivity contribution is 5.93. The Morgan fingerprint density at radius 3 is 2.63 bits per heavy atom. The highest BCUT2D eigenvalue weighted by Crippen LogP contribution is 2.23. The van der Waals surface area contributed by atoms with Gasteiger partial charge >= 0.3 is 0 Å². The Balaban J connectivity index is 1.61. The fraction of sp³-hybridized carbons (Fsp3) is 0.150. The summed E-state index contributed by atoms with van der Waals surface area (Å²) in [7, 11) is 3.09. The molecule has 0 radical (unpaired) electrons. The number of amides is 1. The van der Waals surface area contributed by atoms with Crippen LogP contribution in [0.2, 0.25) is 0 Å². The van der Waals surface area contributed by atoms with Crippen molar-refractivity contribution in [3.8, 4) is 11.5 Å². The van der Waals surface area contributed by atoms with Crippen LogP contribution < -0.4 is 14.9 Å². The number of carbonyl (C=O) groups is 1. The monoisotopic (exact) mass is 409 g/mol. The lowest BCUT2D eigenvalue weighted by atomic mass is 10.2. The van der Waals surface area contributed by atoms with Gasteiger partial charge in [0.25, 0.3) is 11.6 Å². The van der Waals surface area contributed by atoms with E-state index in [2.05, 4.69) is 15.6 Å². The number of ether oxygens (including phenoxy) is 2. The number of nitrogens with one attached hydrogen (secondary N) is 1. The first-order valence-corrected chi connectivity index (χ1v) is 8.82. The van der Waals surface area contributed by atoms with Crippen molar-refractivity contribution in [2.45, 2.75) is 6.54 Å². The number of rotatable bonds is 8. The number of carbonyl (C=O) groups excluding carboxylic acids is 1. The molecule has 1 amide bonds. The van der Waals surface area contributed by atoms with Gasteiger partial charge in [0.05, 0.1) is 31.9 Å². The minimum atomic E-state index is -0.471. The second-order valence-corrected chi connectivity index (χ2v) is 6.13. The highest BCUT2D eigenvalue weighted by atomic mass is 16.6. The summed E-state index contributed by atoms with van der Waals surface area (Å²) in [5, 5.41) is 18.9. The van der Waals surface area contributed by atoms with Gasteiger partial charge in [0.2, 0.25) is 0 Å². The third kappa shape index (κ3) is 4.98. The van der Waals surface area contributed by atoms with Crippen LogP contribution in [-0.4, -0.2) is 41.0 Å². The van der Waals surface area contributed by atoms with Crippen molar-refractivity contribution >= 4 is 17.8 Å². The smallest absolute Gasteiger partial charge is 0.291 e. The van der Waals surface area contributed by atoms with Crippen molar-refractivity contribution in [3.05, 3.63) is 81.7 Å². The van der Waals surface area contributed by atoms with Gasteiger partial charge in [-0.25, -0.2) is 5.43 Å². The van der Waals surface area contributed by atoms with Crippen molar-refractivity contribution in [2.24, 2.45) is 5.10 Å². The number of benzene rings is 2. The van der Waals surface area contributed by atoms with E-state index in [-0.39, 0.29) is 11.4 Å². The van der Waals surface area contributed by atoms with Gasteiger partial charge in [-0.1, -0.05) is 12.1 Å². The van der Waals surface area contributed by atoms with Crippen LogP contribution in [0.25, 0.3) is 0 Å². The van der Waals surface area contributed by atoms with Gasteiger partial charge in [-0.05, 0) is 23.8 Å². The minimum Gasteiger partial charge on any atom is -0.497 e. The molecule has 0 bridgehead atoms. The Kier molecular flexibility index (Phi) is 6.38. The average Bonchev–Trinajstić information content (AvgIpc) is 3.22. The van der Waals surface area contributed by atoms with Crippen LogP contribution in [0.3, 0.4) is 0 Å². The number of methoxy groups -OCH3 is 2. The lowest BCUT2D eigenvalue weighted by Crippen LogP contribution is -2.18. The third-order valence-corrected chi connectivity index (χ3v) is 4.18. The van der Waals surface area contributed by atoms with Crippen molar-refractivity contribution in [3.63, 3.8) is 0 Å². The van der Waals surface area contributed by atoms with E-state index in [1.165, 1.54) is 25.5 Å². The van der Waals surface area contributed by atoms with Crippen molar-refractivity contribution < 1.29 is 19.2 Å². The molecule has 0 fully saturated rings. The molecule has 0 saturated heterocycles. The summed E-state index contributed by atoms with van der Waals surface area (Å²) in [4.78, 5) is 22.5. The number of hydrazone groups is 1. The summed E-state index contributed by atoms with van der Waals surface area (Å²) in [6, 6.07) is 12.9. The fourth-order valence-electron chi connectivity index (χ4n) is 2.62. The number of non-ortho nitro benzene ring substituents is 1. The standard InChI is InChI=1S/C20H19N5O5/c1-29-17-8-5-15(19(11-17)30-2)12-21-22-20(26)18-9-10-24(23-18)13-14-3-6-16(7-4-14)25(27)28/h3-12H,13H2,1-2H3,(H,22,26). The fourth-order valence-corrected chi connectivity index (χ4v) is 2.62. The van der Waals surface area contributed by atoms with E-state index in [9.17, 15) is 14.9 Å². The molecule has 1 heterocycles. The molecule has 0 aliphatic heterocycles. The van der Waals surface area contributed by atoms with Gasteiger partial charge in [-0.2, -0.15) is 10.2 Å². The Morgan fingerprint density at radius 2 is 1.97 bits per heavy atom. The molecule has 2 aromatic carbocycles. The molecule has 3 rings (SSSR count). The molecule has 1 aromatic heterocycles. The van der Waals surface area contributed by atoms with E-state index in [1.807, 2.05) is 0 Å². The Morgan fingerprint density at radius 1 is 1.20 bits per heavy atom. The molecule has 30 heavy (non-hydrogen) atoms. The zero-order chi connectivity index (χ0) is 21.5. The van der Waals surface area contributed by atoms with E-state index in [0.29, 0.717) is 23.6 Å². The first-order valence-electron chi connectivity index (χ1n) is 8.82. The summed E-state index contributed by atoms with van der Waals surface area (Å²) < 4.78 is 12.0. The Labute approximate surface area is 171 Å². The Hall–Kier alpha value is -4.21. The topological polar surface area (TPSA) is 121 Å². The van der Waals surface area contributed by atoms with Gasteiger partial charge in [0.1, 0.15) is 11.5 Å². The number of nitro benzene ring substituents is 1. The number of nitro groups is 1. The summed E-state index contributed by atoms with van der Waals surface area (Å²) in [5.74, 6) is 0.729. The van der Waals surface area contributed by atoms with E-state index >= 15 is 0 Å². The van der Waals surface area contributed by atoms with Crippen LogP contribution in [0.15, 0.2) is 59.8 Å². The second kappa shape index (κ2) is 9.32. The minimum absolute atomic E-state index is 0.0191. The Bertz CT molecular complexity index is 1080. The lowest BCUT2D eigenvalue weighted by molar-refractivity contribution is -0.384. The molecule has 3 aromatic rings. The van der Waals surface area contributed by atoms with Crippen LogP contribution in [0.5, 0.6) is 11.5 Å². The molecule has 0 unspecified atom stereocenters. The zero-order valence-corrected chi connectivity index (χ0v) is 16.3. The van der Waals surface area contributed by atoms with E-state index < -0.39 is 10.8 Å². The number of hydrogen-bond donors (Lipinski definition) is 1. The lowest BCUT2D eigenvalue weighted by Gasteiger charge is -2.06. The molecular formula is C20H19N5O5. The quantitative estimate of drug-likeness (QED) is 0.347. The van der Waals surface area contributed by atoms with Gasteiger partial charge in [-0.3, -0.25) is 19.6 Å². The van der Waals surface area contributed by atoms with Gasteiger partial charge < -0.3 is 9.47 Å². The molecular weight excluding hydrogens is 390 g/mol. The molecule has 0 aliphatic carbocycles. The van der Waals surface area contributed by atoms with Gasteiger partial charge in [-0.15, -0.1) is 0 Å². The summed E-state index contributed by atoms with van der Waals surface area (Å²) in [6.45, 7) is 0.373. The zero-order valence-electron chi connectivity index (χ0n) is 16.3. The van der Waals surface area contributed by atoms with E-state index in [4.69, 9.17) is 9.47 Å². The van der Waals surface area contributed by atoms with Crippen LogP contribution in [0, 0.1) is 10.1 Å². The summed E-state index contributed by atoms with van der Waals surface area (Å²) in [6.07, 6.45) is 3.11. The van der Waals surface area contributed by atoms with Crippen molar-refractivity contribution in [1.29, 1.82) is 0 Å². The molecule has 0 saturated carbocycles. The molecule has 0 atom stereocenters. The van der Waals surface area contributed by atoms with Crippen LogP contribution in [0.1, 0.15) is 21.6 Å². The first kappa shape index (κ1) is 20.5. The number of aromatic nitrogens is 2. The van der Waals surface area contributed by atoms with Crippen LogP contribution >= 0.6 is 0 Å². The van der Waals surface area contributed by atoms with Gasteiger partial charge in [0, 0.05) is 30.0 Å². The number of nitrogens with zero attached hydrogens (tertiary/aromatic N) is 4. The maximum Gasteiger partial charge on any atom is 0.291 e. The van der Waals surface area contributed by atoms with E-state index in [1.54, 1.807) is 54.4 Å². The van der Waals surface area contributed by atoms with E-state index in [0.717, 1.165) is 5.56 Å². The molecule has 0 aliphatic rings. The highest BCUT2D eigenvalue weighted by Gasteiger charge is 2.10. The number of hydrogen-bond acceptors (Lipinski definition) is 7. The maximum absolute atomic E-state index is 12.2. The second-order valence-electron chi connectivity index (χ2n) is 6.13. The first-order chi connectivity index (χ1) is 14.5. The molecule has 0 spiro atoms.